The van der Waals surface area contributed by atoms with Gasteiger partial charge in [0.15, 0.2) is 0 Å². The van der Waals surface area contributed by atoms with E-state index < -0.39 is 5.97 Å². The van der Waals surface area contributed by atoms with E-state index in [1.807, 2.05) is 0 Å². The van der Waals surface area contributed by atoms with E-state index in [1.54, 1.807) is 30.3 Å². The van der Waals surface area contributed by atoms with Gasteiger partial charge in [-0.3, -0.25) is 9.59 Å². The molecule has 0 saturated carbocycles. The molecule has 5 nitrogen and oxygen atoms in total. The maximum atomic E-state index is 11.5. The quantitative estimate of drug-likeness (QED) is 0.465. The predicted molar refractivity (Wildman–Crippen MR) is 69.1 cm³/mol. The summed E-state index contributed by atoms with van der Waals surface area (Å²) in [6.07, 6.45) is 5.34. The van der Waals surface area contributed by atoms with Crippen LogP contribution in [0.5, 0.6) is 0 Å². The van der Waals surface area contributed by atoms with Crippen LogP contribution in [0.1, 0.15) is 5.56 Å². The minimum atomic E-state index is -0.446. The van der Waals surface area contributed by atoms with Gasteiger partial charge >= 0.3 is 5.97 Å². The van der Waals surface area contributed by atoms with Crippen LogP contribution in [0.4, 0.5) is 5.69 Å². The Balaban J connectivity index is 2.15. The zero-order valence-electron chi connectivity index (χ0n) is 10.2. The lowest BCUT2D eigenvalue weighted by Gasteiger charge is -2.13. The Labute approximate surface area is 109 Å². The molecule has 0 spiro atoms. The summed E-state index contributed by atoms with van der Waals surface area (Å²) in [7, 11) is 1.30. The molecule has 5 heteroatoms. The molecule has 1 aromatic carbocycles. The average molecular weight is 257 g/mol. The molecular formula is C14H11NO4. The van der Waals surface area contributed by atoms with E-state index in [9.17, 15) is 14.4 Å². The predicted octanol–water partition coefficient (Wildman–Crippen LogP) is 1.30. The van der Waals surface area contributed by atoms with Crippen molar-refractivity contribution in [3.05, 3.63) is 48.1 Å². The van der Waals surface area contributed by atoms with Gasteiger partial charge in [-0.15, -0.1) is 0 Å². The fraction of sp³-hybridized carbons (Fsp3) is 0.0714. The second kappa shape index (κ2) is 5.30. The van der Waals surface area contributed by atoms with Crippen molar-refractivity contribution < 1.29 is 19.1 Å². The lowest BCUT2D eigenvalue weighted by molar-refractivity contribution is -0.134. The Hall–Kier alpha value is -2.69. The summed E-state index contributed by atoms with van der Waals surface area (Å²) in [6.45, 7) is 0. The standard InChI is InChI=1S/C14H11NO4/c1-19-14(18)9-4-10-2-5-11(6-3-10)15-12(16)7-8-13(15)17/h2-9H,1H3. The monoisotopic (exact) mass is 257 g/mol. The number of ether oxygens (including phenoxy) is 1. The van der Waals surface area contributed by atoms with E-state index in [1.165, 1.54) is 25.3 Å². The SMILES string of the molecule is COC(=O)C=Cc1ccc(N2C(=O)C=CC2=O)cc1. The molecule has 19 heavy (non-hydrogen) atoms. The lowest BCUT2D eigenvalue weighted by Crippen LogP contribution is -2.29. The molecule has 1 aliphatic heterocycles. The first-order valence-corrected chi connectivity index (χ1v) is 5.54. The van der Waals surface area contributed by atoms with Gasteiger partial charge in [-0.2, -0.15) is 0 Å². The Morgan fingerprint density at radius 2 is 1.68 bits per heavy atom. The number of imide groups is 1. The van der Waals surface area contributed by atoms with Crippen LogP contribution < -0.4 is 4.90 Å². The van der Waals surface area contributed by atoms with Gasteiger partial charge in [0.25, 0.3) is 11.8 Å². The maximum absolute atomic E-state index is 11.5. The number of esters is 1. The lowest BCUT2D eigenvalue weighted by atomic mass is 10.2. The summed E-state index contributed by atoms with van der Waals surface area (Å²) in [6, 6.07) is 6.68. The van der Waals surface area contributed by atoms with E-state index in [0.29, 0.717) is 5.69 Å². The Morgan fingerprint density at radius 3 is 2.21 bits per heavy atom. The molecule has 2 amide bonds. The van der Waals surface area contributed by atoms with Crippen molar-refractivity contribution in [2.75, 3.05) is 12.0 Å². The van der Waals surface area contributed by atoms with E-state index in [4.69, 9.17) is 0 Å². The normalized spacial score (nSPS) is 14.5. The summed E-state index contributed by atoms with van der Waals surface area (Å²) in [5, 5.41) is 0. The molecule has 0 atom stereocenters. The van der Waals surface area contributed by atoms with Crippen molar-refractivity contribution in [2.45, 2.75) is 0 Å². The van der Waals surface area contributed by atoms with Crippen molar-refractivity contribution in [3.8, 4) is 0 Å². The highest BCUT2D eigenvalue weighted by molar-refractivity contribution is 6.28. The molecule has 2 rings (SSSR count). The summed E-state index contributed by atoms with van der Waals surface area (Å²) >= 11 is 0. The fourth-order valence-corrected chi connectivity index (χ4v) is 1.62. The molecule has 1 heterocycles. The van der Waals surface area contributed by atoms with Gasteiger partial charge in [-0.05, 0) is 23.8 Å². The third kappa shape index (κ3) is 2.77. The number of anilines is 1. The van der Waals surface area contributed by atoms with Crippen molar-refractivity contribution >= 4 is 29.5 Å². The molecule has 1 aromatic rings. The highest BCUT2D eigenvalue weighted by Crippen LogP contribution is 2.19. The minimum absolute atomic E-state index is 0.358. The first-order chi connectivity index (χ1) is 9.11. The minimum Gasteiger partial charge on any atom is -0.466 e. The molecule has 0 radical (unpaired) electrons. The second-order valence-corrected chi connectivity index (χ2v) is 3.79. The highest BCUT2D eigenvalue weighted by atomic mass is 16.5. The zero-order valence-corrected chi connectivity index (χ0v) is 10.2. The molecule has 0 aliphatic carbocycles. The molecule has 0 aromatic heterocycles. The zero-order chi connectivity index (χ0) is 13.8. The van der Waals surface area contributed by atoms with Crippen LogP contribution in [-0.4, -0.2) is 24.9 Å². The van der Waals surface area contributed by atoms with E-state index in [0.717, 1.165) is 10.5 Å². The Kier molecular flexibility index (Phi) is 3.56. The maximum Gasteiger partial charge on any atom is 0.330 e. The molecule has 0 unspecified atom stereocenters. The molecule has 0 saturated heterocycles. The number of benzene rings is 1. The van der Waals surface area contributed by atoms with Gasteiger partial charge in [-0.1, -0.05) is 12.1 Å². The number of rotatable bonds is 3. The summed E-state index contributed by atoms with van der Waals surface area (Å²) in [5.41, 5.74) is 1.26. The van der Waals surface area contributed by atoms with Crippen molar-refractivity contribution in [3.63, 3.8) is 0 Å². The van der Waals surface area contributed by atoms with Crippen LogP contribution in [0.25, 0.3) is 6.08 Å². The van der Waals surface area contributed by atoms with Gasteiger partial charge in [-0.25, -0.2) is 9.69 Å². The number of carbonyl (C=O) groups excluding carboxylic acids is 3. The second-order valence-electron chi connectivity index (χ2n) is 3.79. The molecule has 0 N–H and O–H groups in total. The van der Waals surface area contributed by atoms with Gasteiger partial charge in [0.2, 0.25) is 0 Å². The number of methoxy groups -OCH3 is 1. The van der Waals surface area contributed by atoms with Crippen LogP contribution in [0.15, 0.2) is 42.5 Å². The third-order valence-electron chi connectivity index (χ3n) is 2.57. The van der Waals surface area contributed by atoms with Crippen LogP contribution in [-0.2, 0) is 19.1 Å². The topological polar surface area (TPSA) is 63.7 Å². The number of hydrogen-bond acceptors (Lipinski definition) is 4. The molecule has 1 aliphatic rings. The first kappa shape index (κ1) is 12.8. The Bertz CT molecular complexity index is 566. The summed E-state index contributed by atoms with van der Waals surface area (Å²) in [5.74, 6) is -1.16. The van der Waals surface area contributed by atoms with Crippen LogP contribution >= 0.6 is 0 Å². The van der Waals surface area contributed by atoms with E-state index >= 15 is 0 Å². The first-order valence-electron chi connectivity index (χ1n) is 5.54. The van der Waals surface area contributed by atoms with Gasteiger partial charge in [0.1, 0.15) is 0 Å². The average Bonchev–Trinajstić information content (AvgIpc) is 2.76. The van der Waals surface area contributed by atoms with Crippen molar-refractivity contribution in [1.82, 2.24) is 0 Å². The van der Waals surface area contributed by atoms with Crippen molar-refractivity contribution in [1.29, 1.82) is 0 Å². The highest BCUT2D eigenvalue weighted by Gasteiger charge is 2.24. The Morgan fingerprint density at radius 1 is 1.11 bits per heavy atom. The van der Waals surface area contributed by atoms with Crippen molar-refractivity contribution in [2.24, 2.45) is 0 Å². The van der Waals surface area contributed by atoms with Gasteiger partial charge in [0.05, 0.1) is 12.8 Å². The smallest absolute Gasteiger partial charge is 0.330 e. The van der Waals surface area contributed by atoms with E-state index in [-0.39, 0.29) is 11.8 Å². The summed E-state index contributed by atoms with van der Waals surface area (Å²) < 4.78 is 4.47. The number of amides is 2. The number of hydrogen-bond donors (Lipinski definition) is 0. The molecule has 96 valence electrons. The van der Waals surface area contributed by atoms with Gasteiger partial charge in [0, 0.05) is 18.2 Å². The molecule has 0 bridgehead atoms. The summed E-state index contributed by atoms with van der Waals surface area (Å²) in [4.78, 5) is 34.9. The van der Waals surface area contributed by atoms with E-state index in [2.05, 4.69) is 4.74 Å². The molecular weight excluding hydrogens is 246 g/mol. The third-order valence-corrected chi connectivity index (χ3v) is 2.57. The largest absolute Gasteiger partial charge is 0.466 e. The van der Waals surface area contributed by atoms with Crippen LogP contribution in [0, 0.1) is 0 Å². The fourth-order valence-electron chi connectivity index (χ4n) is 1.62. The van der Waals surface area contributed by atoms with Gasteiger partial charge < -0.3 is 4.74 Å². The van der Waals surface area contributed by atoms with Crippen LogP contribution in [0.2, 0.25) is 0 Å². The van der Waals surface area contributed by atoms with Crippen LogP contribution in [0.3, 0.4) is 0 Å². The molecule has 0 fully saturated rings. The number of nitrogens with zero attached hydrogens (tertiary/aromatic N) is 1. The number of carbonyl (C=O) groups is 3.